The van der Waals surface area contributed by atoms with Gasteiger partial charge in [0.2, 0.25) is 0 Å². The molecule has 0 aromatic heterocycles. The molecule has 0 bridgehead atoms. The van der Waals surface area contributed by atoms with Gasteiger partial charge in [-0.1, -0.05) is 0 Å². The summed E-state index contributed by atoms with van der Waals surface area (Å²) in [5.74, 6) is -0.556. The number of hydrogen-bond donors (Lipinski definition) is 1. The molecule has 0 atom stereocenters. The number of phenolic OH excluding ortho intramolecular Hbond substituents is 1. The van der Waals surface area contributed by atoms with Gasteiger partial charge in [-0.3, -0.25) is 0 Å². The monoisotopic (exact) mass is 634 g/mol. The van der Waals surface area contributed by atoms with Gasteiger partial charge in [-0.05, 0) is 0 Å². The predicted octanol–water partition coefficient (Wildman–Crippen LogP) is 3.86. The number of methoxy groups -OCH3 is 2. The van der Waals surface area contributed by atoms with E-state index in [4.69, 9.17) is 9.47 Å². The predicted molar refractivity (Wildman–Crippen MR) is 132 cm³/mol. The van der Waals surface area contributed by atoms with Gasteiger partial charge < -0.3 is 0 Å². The van der Waals surface area contributed by atoms with Crippen LogP contribution in [0.3, 0.4) is 0 Å². The molecular formula is C21H26F2O6P2Se2. The zero-order chi connectivity index (χ0) is 25.1. The van der Waals surface area contributed by atoms with Gasteiger partial charge in [0, 0.05) is 0 Å². The van der Waals surface area contributed by atoms with E-state index in [1.54, 1.807) is 26.0 Å². The van der Waals surface area contributed by atoms with Gasteiger partial charge in [0.15, 0.2) is 0 Å². The maximum atomic E-state index is 12.2. The van der Waals surface area contributed by atoms with E-state index in [1.807, 2.05) is 0 Å². The number of benzene rings is 2. The second-order valence-electron chi connectivity index (χ2n) is 6.57. The molecule has 182 valence electrons. The summed E-state index contributed by atoms with van der Waals surface area (Å²) < 4.78 is 38.1. The van der Waals surface area contributed by atoms with E-state index < -0.39 is 12.6 Å². The van der Waals surface area contributed by atoms with E-state index in [1.165, 1.54) is 26.4 Å². The summed E-state index contributed by atoms with van der Waals surface area (Å²) in [5.41, 5.74) is 3.81. The maximum absolute atomic E-state index is 12.2. The fraction of sp³-hybridized carbons (Fsp3) is 0.333. The van der Waals surface area contributed by atoms with Crippen LogP contribution in [0.4, 0.5) is 8.78 Å². The Morgan fingerprint density at radius 3 is 1.79 bits per heavy atom. The number of carbonyl (C=O) groups excluding carboxylic acids is 2. The molecule has 0 aliphatic heterocycles. The van der Waals surface area contributed by atoms with Gasteiger partial charge in [0.05, 0.1) is 0 Å². The third-order valence-corrected chi connectivity index (χ3v) is 8.03. The van der Waals surface area contributed by atoms with E-state index in [2.05, 4.69) is 19.7 Å². The third-order valence-electron chi connectivity index (χ3n) is 4.30. The van der Waals surface area contributed by atoms with Crippen molar-refractivity contribution in [1.29, 1.82) is 0 Å². The molecule has 33 heavy (non-hydrogen) atoms. The Morgan fingerprint density at radius 2 is 1.36 bits per heavy atom. The number of aromatic hydroxyl groups is 1. The first kappa shape index (κ1) is 29.5. The van der Waals surface area contributed by atoms with E-state index in [9.17, 15) is 23.5 Å². The molecule has 0 heterocycles. The van der Waals surface area contributed by atoms with Crippen molar-refractivity contribution in [2.75, 3.05) is 14.2 Å². The van der Waals surface area contributed by atoms with Gasteiger partial charge in [-0.25, -0.2) is 0 Å². The SMILES string of the molecule is COC(=O)c1c(C)cc(O)cc1C[SeH]=P.COC(=O)c1c(C)cc(OC(F)F)cc1C[SeH]=P. The zero-order valence-electron chi connectivity index (χ0n) is 18.4. The summed E-state index contributed by atoms with van der Waals surface area (Å²) in [6.07, 6.45) is 0. The molecule has 6 nitrogen and oxygen atoms in total. The Bertz CT molecular complexity index is 1030. The number of alkyl halides is 2. The number of esters is 2. The number of ether oxygens (including phenoxy) is 3. The minimum absolute atomic E-state index is 0.0267. The quantitative estimate of drug-likeness (QED) is 0.271. The van der Waals surface area contributed by atoms with Crippen LogP contribution in [0.25, 0.3) is 0 Å². The minimum atomic E-state index is -2.88. The fourth-order valence-electron chi connectivity index (χ4n) is 3.04. The van der Waals surface area contributed by atoms with Crippen LogP contribution in [0.15, 0.2) is 24.3 Å². The number of halogens is 2. The van der Waals surface area contributed by atoms with Crippen LogP contribution in [0.5, 0.6) is 11.5 Å². The molecule has 0 saturated heterocycles. The molecule has 0 radical (unpaired) electrons. The van der Waals surface area contributed by atoms with Crippen molar-refractivity contribution in [3.05, 3.63) is 57.6 Å². The summed E-state index contributed by atoms with van der Waals surface area (Å²) in [4.78, 5) is 23.2. The van der Waals surface area contributed by atoms with E-state index in [0.717, 1.165) is 16.4 Å². The van der Waals surface area contributed by atoms with Crippen molar-refractivity contribution in [2.24, 2.45) is 0 Å². The summed E-state index contributed by atoms with van der Waals surface area (Å²) in [6, 6.07) is 6.06. The molecule has 1 N–H and O–H groups in total. The first-order chi connectivity index (χ1) is 15.6. The fourth-order valence-corrected chi connectivity index (χ4v) is 6.57. The van der Waals surface area contributed by atoms with Crippen molar-refractivity contribution in [2.45, 2.75) is 31.1 Å². The van der Waals surface area contributed by atoms with Crippen LogP contribution in [0.2, 0.25) is 0 Å². The standard InChI is InChI=1S/C11H13F2O3PSe.C10H13O3PSe/c1-6-3-8(16-11(12)13)4-7(5-18-17)9(6)10(14)15-2;1-6-3-8(11)4-7(5-15-14)9(6)10(12)13-2/h3-4,11,17-18H,5H2,1-2H3;3-4,11,14-15H,5H2,1-2H3. The Labute approximate surface area is 206 Å². The van der Waals surface area contributed by atoms with Gasteiger partial charge in [0.25, 0.3) is 0 Å². The van der Waals surface area contributed by atoms with Crippen molar-refractivity contribution < 1.29 is 37.7 Å². The van der Waals surface area contributed by atoms with Crippen LogP contribution in [0, 0.1) is 13.8 Å². The van der Waals surface area contributed by atoms with Crippen LogP contribution < -0.4 is 4.74 Å². The van der Waals surface area contributed by atoms with Gasteiger partial charge in [-0.2, -0.15) is 0 Å². The number of rotatable bonds is 8. The Morgan fingerprint density at radius 1 is 0.909 bits per heavy atom. The summed E-state index contributed by atoms with van der Waals surface area (Å²) in [6.45, 7) is 0.579. The van der Waals surface area contributed by atoms with Crippen LogP contribution in [0.1, 0.15) is 43.0 Å². The summed E-state index contributed by atoms with van der Waals surface area (Å²) in [5, 5.41) is 10.8. The Balaban J connectivity index is 0.000000335. The van der Waals surface area contributed by atoms with Gasteiger partial charge >= 0.3 is 207 Å². The molecule has 2 aromatic carbocycles. The van der Waals surface area contributed by atoms with E-state index in [-0.39, 0.29) is 45.6 Å². The van der Waals surface area contributed by atoms with Gasteiger partial charge in [0.1, 0.15) is 0 Å². The molecular weight excluding hydrogens is 606 g/mol. The molecule has 0 fully saturated rings. The molecule has 2 aromatic rings. The average molecular weight is 632 g/mol. The van der Waals surface area contributed by atoms with Crippen molar-refractivity contribution in [1.82, 2.24) is 0 Å². The summed E-state index contributed by atoms with van der Waals surface area (Å²) in [7, 11) is 9.49. The molecule has 0 unspecified atom stereocenters. The van der Waals surface area contributed by atoms with Crippen LogP contribution in [-0.2, 0) is 20.1 Å². The van der Waals surface area contributed by atoms with Gasteiger partial charge in [-0.15, -0.1) is 0 Å². The topological polar surface area (TPSA) is 82.1 Å². The third kappa shape index (κ3) is 8.98. The first-order valence-corrected chi connectivity index (χ1v) is 18.5. The Kier molecular flexibility index (Phi) is 13.1. The molecule has 0 saturated carbocycles. The number of aryl methyl sites for hydroxylation is 2. The zero-order valence-corrected chi connectivity index (χ0v) is 24.2. The number of phenols is 1. The van der Waals surface area contributed by atoms with Crippen LogP contribution >= 0.6 is 15.0 Å². The van der Waals surface area contributed by atoms with E-state index >= 15 is 0 Å². The average Bonchev–Trinajstić information content (AvgIpc) is 2.73. The number of hydrogen-bond acceptors (Lipinski definition) is 6. The normalized spacial score (nSPS) is 10.3. The molecule has 0 spiro atoms. The second kappa shape index (κ2) is 14.7. The second-order valence-corrected chi connectivity index (χ2v) is 12.5. The van der Waals surface area contributed by atoms with Crippen LogP contribution in [-0.4, -0.2) is 66.0 Å². The van der Waals surface area contributed by atoms with Crippen molar-refractivity contribution in [3.8, 4) is 11.5 Å². The Hall–Kier alpha value is -1.52. The summed E-state index contributed by atoms with van der Waals surface area (Å²) >= 11 is -0.203. The van der Waals surface area contributed by atoms with Crippen molar-refractivity contribution >= 4 is 55.0 Å². The molecule has 12 heteroatoms. The number of carbonyl (C=O) groups is 2. The molecule has 0 aliphatic rings. The van der Waals surface area contributed by atoms with E-state index in [0.29, 0.717) is 27.6 Å². The first-order valence-electron chi connectivity index (χ1n) is 9.33. The molecule has 0 amide bonds. The molecule has 0 aliphatic carbocycles. The molecule has 2 rings (SSSR count). The van der Waals surface area contributed by atoms with Crippen molar-refractivity contribution in [3.63, 3.8) is 0 Å².